The van der Waals surface area contributed by atoms with Crippen LogP contribution in [0.4, 0.5) is 20.2 Å². The summed E-state index contributed by atoms with van der Waals surface area (Å²) in [6, 6.07) is 31.2. The highest BCUT2D eigenvalue weighted by molar-refractivity contribution is 5.63. The van der Waals surface area contributed by atoms with Crippen LogP contribution >= 0.6 is 0 Å². The van der Waals surface area contributed by atoms with Gasteiger partial charge in [0.25, 0.3) is 0 Å². The minimum absolute atomic E-state index is 0.115. The van der Waals surface area contributed by atoms with Gasteiger partial charge in [-0.05, 0) is 85.6 Å². The predicted molar refractivity (Wildman–Crippen MR) is 216 cm³/mol. The van der Waals surface area contributed by atoms with Crippen LogP contribution in [0, 0.1) is 11.6 Å². The predicted octanol–water partition coefficient (Wildman–Crippen LogP) is 7.67. The molecule has 58 heavy (non-hydrogen) atoms. The Hall–Kier alpha value is -6.54. The van der Waals surface area contributed by atoms with Crippen molar-refractivity contribution >= 4 is 11.4 Å². The zero-order valence-electron chi connectivity index (χ0n) is 32.3. The quantitative estimate of drug-likeness (QED) is 0.104. The number of piperazine rings is 1. The summed E-state index contributed by atoms with van der Waals surface area (Å²) in [5.41, 5.74) is 4.60. The molecule has 14 heteroatoms. The molecule has 1 fully saturated rings. The Morgan fingerprint density at radius 3 is 2.16 bits per heavy atom. The van der Waals surface area contributed by atoms with Crippen LogP contribution < -0.4 is 20.2 Å². The molecule has 298 valence electrons. The Morgan fingerprint density at radius 1 is 0.810 bits per heavy atom. The van der Waals surface area contributed by atoms with Gasteiger partial charge in [0.1, 0.15) is 61.0 Å². The van der Waals surface area contributed by atoms with Gasteiger partial charge in [-0.15, -0.1) is 0 Å². The van der Waals surface area contributed by atoms with Crippen LogP contribution in [0.2, 0.25) is 0 Å². The third-order valence-electron chi connectivity index (χ3n) is 10.5. The fraction of sp³-hybridized carbons (Fsp3) is 0.273. The number of furan rings is 1. The maximum absolute atomic E-state index is 14.8. The number of anilines is 2. The van der Waals surface area contributed by atoms with E-state index in [1.807, 2.05) is 78.3 Å². The van der Waals surface area contributed by atoms with Gasteiger partial charge in [0.15, 0.2) is 0 Å². The van der Waals surface area contributed by atoms with E-state index < -0.39 is 11.6 Å². The van der Waals surface area contributed by atoms with Crippen LogP contribution in [0.1, 0.15) is 43.2 Å². The van der Waals surface area contributed by atoms with E-state index in [0.29, 0.717) is 36.6 Å². The molecule has 3 aromatic heterocycles. The third kappa shape index (κ3) is 8.56. The number of rotatable bonds is 15. The van der Waals surface area contributed by atoms with Crippen LogP contribution in [0.25, 0.3) is 17.0 Å². The summed E-state index contributed by atoms with van der Waals surface area (Å²) in [7, 11) is 0. The van der Waals surface area contributed by atoms with Crippen LogP contribution in [-0.2, 0) is 24.5 Å². The lowest BCUT2D eigenvalue weighted by Gasteiger charge is -2.37. The average molecular weight is 787 g/mol. The summed E-state index contributed by atoms with van der Waals surface area (Å²) in [5.74, 6) is 0.0747. The van der Waals surface area contributed by atoms with E-state index in [9.17, 15) is 13.6 Å². The van der Waals surface area contributed by atoms with Crippen molar-refractivity contribution in [1.82, 2.24) is 29.1 Å². The number of nitrogens with zero attached hydrogens (tertiary/aromatic N) is 8. The van der Waals surface area contributed by atoms with Crippen molar-refractivity contribution in [2.24, 2.45) is 0 Å². The Morgan fingerprint density at radius 2 is 1.50 bits per heavy atom. The van der Waals surface area contributed by atoms with E-state index >= 15 is 0 Å². The van der Waals surface area contributed by atoms with Crippen LogP contribution in [0.5, 0.6) is 5.75 Å². The molecule has 0 unspecified atom stereocenters. The molecule has 8 rings (SSSR count). The summed E-state index contributed by atoms with van der Waals surface area (Å²) >= 11 is 0. The molecule has 4 heterocycles. The molecule has 0 N–H and O–H groups in total. The maximum atomic E-state index is 14.8. The number of hydrogen-bond donors (Lipinski definition) is 0. The lowest BCUT2D eigenvalue weighted by atomic mass is 10.1. The van der Waals surface area contributed by atoms with Gasteiger partial charge in [0.05, 0.1) is 30.0 Å². The van der Waals surface area contributed by atoms with Crippen LogP contribution in [-0.4, -0.2) is 61.4 Å². The van der Waals surface area contributed by atoms with E-state index in [1.54, 1.807) is 28.1 Å². The smallest absolute Gasteiger partial charge is 0.364 e. The number of hydrogen-bond acceptors (Lipinski definition) is 9. The molecule has 4 aromatic carbocycles. The Kier molecular flexibility index (Phi) is 11.4. The van der Waals surface area contributed by atoms with Gasteiger partial charge >= 0.3 is 5.69 Å². The maximum Gasteiger partial charge on any atom is 0.364 e. The summed E-state index contributed by atoms with van der Waals surface area (Å²) in [5, 5.41) is 4.12. The Labute approximate surface area is 334 Å². The first-order valence-corrected chi connectivity index (χ1v) is 19.4. The topological polar surface area (TPSA) is 109 Å². The van der Waals surface area contributed by atoms with Gasteiger partial charge in [-0.2, -0.15) is 10.1 Å². The summed E-state index contributed by atoms with van der Waals surface area (Å²) in [6.45, 7) is 8.27. The zero-order chi connectivity index (χ0) is 40.0. The molecule has 0 bridgehead atoms. The zero-order valence-corrected chi connectivity index (χ0v) is 32.3. The summed E-state index contributed by atoms with van der Waals surface area (Å²) in [4.78, 5) is 25.8. The van der Waals surface area contributed by atoms with Crippen molar-refractivity contribution in [1.29, 1.82) is 0 Å². The van der Waals surface area contributed by atoms with Crippen molar-refractivity contribution in [3.05, 3.63) is 161 Å². The van der Waals surface area contributed by atoms with E-state index in [0.717, 1.165) is 54.9 Å². The largest absolute Gasteiger partial charge is 0.489 e. The van der Waals surface area contributed by atoms with E-state index in [-0.39, 0.29) is 35.8 Å². The lowest BCUT2D eigenvalue weighted by molar-refractivity contribution is 0.00991. The number of halogens is 2. The Balaban J connectivity index is 0.876. The SMILES string of the molecule is CC[C@H]([C@H](C)OCc1ccccc1)n1c(=O)ncn1-c1ccc(N2CCN(c3ccc(OCc4cc(Cn5cncn5)oc4-c4ccc(F)cc4F)cc3)CC2)cc1. The third-order valence-corrected chi connectivity index (χ3v) is 10.5. The molecule has 7 aromatic rings. The number of aromatic nitrogens is 6. The van der Waals surface area contributed by atoms with Gasteiger partial charge in [0, 0.05) is 49.2 Å². The van der Waals surface area contributed by atoms with Crippen molar-refractivity contribution in [3.63, 3.8) is 0 Å². The van der Waals surface area contributed by atoms with Crippen LogP contribution in [0.3, 0.4) is 0 Å². The highest BCUT2D eigenvalue weighted by Crippen LogP contribution is 2.32. The highest BCUT2D eigenvalue weighted by Gasteiger charge is 2.24. The molecule has 0 spiro atoms. The van der Waals surface area contributed by atoms with Gasteiger partial charge in [0.2, 0.25) is 0 Å². The fourth-order valence-electron chi connectivity index (χ4n) is 7.42. The minimum Gasteiger partial charge on any atom is -0.489 e. The minimum atomic E-state index is -0.720. The first kappa shape index (κ1) is 38.3. The highest BCUT2D eigenvalue weighted by atomic mass is 19.1. The van der Waals surface area contributed by atoms with Crippen molar-refractivity contribution in [3.8, 4) is 22.8 Å². The van der Waals surface area contributed by atoms with Crippen molar-refractivity contribution in [2.75, 3.05) is 36.0 Å². The second-order valence-corrected chi connectivity index (χ2v) is 14.3. The van der Waals surface area contributed by atoms with Gasteiger partial charge in [-0.3, -0.25) is 0 Å². The summed E-state index contributed by atoms with van der Waals surface area (Å²) in [6.07, 6.45) is 5.07. The molecule has 1 aliphatic rings. The van der Waals surface area contributed by atoms with E-state index in [4.69, 9.17) is 13.9 Å². The van der Waals surface area contributed by atoms with Crippen molar-refractivity contribution in [2.45, 2.75) is 52.2 Å². The second-order valence-electron chi connectivity index (χ2n) is 14.3. The lowest BCUT2D eigenvalue weighted by Crippen LogP contribution is -2.46. The second kappa shape index (κ2) is 17.3. The van der Waals surface area contributed by atoms with Gasteiger partial charge in [-0.25, -0.2) is 32.6 Å². The average Bonchev–Trinajstić information content (AvgIpc) is 4.01. The van der Waals surface area contributed by atoms with Crippen LogP contribution in [0.15, 0.2) is 131 Å². The normalized spacial score (nSPS) is 14.1. The van der Waals surface area contributed by atoms with E-state index in [1.165, 1.54) is 18.5 Å². The van der Waals surface area contributed by atoms with Gasteiger partial charge in [-0.1, -0.05) is 37.3 Å². The summed E-state index contributed by atoms with van der Waals surface area (Å²) < 4.78 is 52.0. The Bertz CT molecular complexity index is 2460. The first-order chi connectivity index (χ1) is 28.3. The first-order valence-electron chi connectivity index (χ1n) is 19.4. The number of ether oxygens (including phenoxy) is 2. The van der Waals surface area contributed by atoms with E-state index in [2.05, 4.69) is 43.9 Å². The molecule has 0 radical (unpaired) electrons. The molecule has 1 saturated heterocycles. The molecular weight excluding hydrogens is 743 g/mol. The molecule has 0 amide bonds. The molecule has 2 atom stereocenters. The molecule has 0 saturated carbocycles. The monoisotopic (exact) mass is 786 g/mol. The molecule has 1 aliphatic heterocycles. The van der Waals surface area contributed by atoms with Crippen molar-refractivity contribution < 1.29 is 22.7 Å². The fourth-order valence-corrected chi connectivity index (χ4v) is 7.42. The van der Waals surface area contributed by atoms with Gasteiger partial charge < -0.3 is 23.7 Å². The molecule has 0 aliphatic carbocycles. The number of benzene rings is 4. The molecular formula is C44H44F2N8O4. The standard InChI is InChI=1S/C44H44F2N8O4/c1-3-42(31(2)56-26-32-7-5-4-6-8-32)54-44(55)48-30-53(54)37-12-10-35(11-13-37)50-19-21-51(22-20-50)36-14-16-38(17-15-36)57-27-33-23-39(25-52-29-47-28-49-52)58-43(33)40-18-9-34(45)24-41(40)46/h4-18,23-24,28-31,42H,3,19-22,25-27H2,1-2H3/t31-,42+/m0/s1. The molecule has 12 nitrogen and oxygen atoms in total.